The highest BCUT2D eigenvalue weighted by atomic mass is 35.5. The molecular formula is C23H29ClN6. The molecule has 7 heteroatoms. The maximum Gasteiger partial charge on any atom is 0.128 e. The van der Waals surface area contributed by atoms with E-state index in [4.69, 9.17) is 21.6 Å². The molecule has 6 nitrogen and oxygen atoms in total. The first-order valence-electron chi connectivity index (χ1n) is 10.9. The van der Waals surface area contributed by atoms with E-state index in [-0.39, 0.29) is 0 Å². The summed E-state index contributed by atoms with van der Waals surface area (Å²) in [7, 11) is 4.25. The van der Waals surface area contributed by atoms with Crippen LogP contribution in [0.15, 0.2) is 24.3 Å². The standard InChI is InChI=1S/C23H29ClN6/c1-28-11-13-30(14-12-28)23-17(24)8-9-19-22(23)27-20(25-19)15-29(2)21-10-7-16-5-3-4-6-18(16)26-21/h7-10H,3-6,11-15H2,1-2H3,(H,25,27). The summed E-state index contributed by atoms with van der Waals surface area (Å²) < 4.78 is 0. The Morgan fingerprint density at radius 1 is 1.03 bits per heavy atom. The van der Waals surface area contributed by atoms with Crippen LogP contribution in [0.1, 0.15) is 29.9 Å². The predicted octanol–water partition coefficient (Wildman–Crippen LogP) is 3.88. The van der Waals surface area contributed by atoms with E-state index in [0.717, 1.165) is 72.4 Å². The highest BCUT2D eigenvalue weighted by Crippen LogP contribution is 2.34. The molecule has 0 radical (unpaired) electrons. The van der Waals surface area contributed by atoms with Gasteiger partial charge in [-0.05, 0) is 56.5 Å². The van der Waals surface area contributed by atoms with Crippen LogP contribution in [-0.4, -0.2) is 60.1 Å². The smallest absolute Gasteiger partial charge is 0.128 e. The van der Waals surface area contributed by atoms with Gasteiger partial charge in [0.1, 0.15) is 17.2 Å². The number of nitrogens with one attached hydrogen (secondary N) is 1. The van der Waals surface area contributed by atoms with Crippen molar-refractivity contribution in [3.8, 4) is 0 Å². The second-order valence-corrected chi connectivity index (χ2v) is 9.01. The SMILES string of the molecule is CN1CCN(c2c(Cl)ccc3[nH]c(CN(C)c4ccc5c(n4)CCCC5)nc23)CC1. The molecule has 2 aromatic heterocycles. The first kappa shape index (κ1) is 19.6. The van der Waals surface area contributed by atoms with Crippen LogP contribution in [0.3, 0.4) is 0 Å². The van der Waals surface area contributed by atoms with Gasteiger partial charge < -0.3 is 19.7 Å². The number of imidazole rings is 1. The zero-order chi connectivity index (χ0) is 20.7. The van der Waals surface area contributed by atoms with Gasteiger partial charge in [0.15, 0.2) is 0 Å². The Hall–Kier alpha value is -2.31. The van der Waals surface area contributed by atoms with Gasteiger partial charge in [-0.2, -0.15) is 0 Å². The van der Waals surface area contributed by atoms with E-state index in [1.54, 1.807) is 0 Å². The van der Waals surface area contributed by atoms with E-state index in [2.05, 4.69) is 45.9 Å². The number of benzene rings is 1. The first-order valence-corrected chi connectivity index (χ1v) is 11.3. The molecule has 1 N–H and O–H groups in total. The lowest BCUT2D eigenvalue weighted by molar-refractivity contribution is 0.313. The van der Waals surface area contributed by atoms with Crippen LogP contribution >= 0.6 is 11.6 Å². The van der Waals surface area contributed by atoms with Crippen molar-refractivity contribution in [2.24, 2.45) is 0 Å². The first-order chi connectivity index (χ1) is 14.6. The molecule has 30 heavy (non-hydrogen) atoms. The third-order valence-corrected chi connectivity index (χ3v) is 6.69. The van der Waals surface area contributed by atoms with Gasteiger partial charge in [0.05, 0.1) is 22.8 Å². The molecule has 1 aliphatic heterocycles. The largest absolute Gasteiger partial charge is 0.366 e. The molecule has 1 aromatic carbocycles. The third-order valence-electron chi connectivity index (χ3n) is 6.39. The summed E-state index contributed by atoms with van der Waals surface area (Å²) in [5.41, 5.74) is 5.73. The number of hydrogen-bond donors (Lipinski definition) is 1. The van der Waals surface area contributed by atoms with Gasteiger partial charge in [0.2, 0.25) is 0 Å². The minimum absolute atomic E-state index is 0.681. The molecule has 1 saturated heterocycles. The van der Waals surface area contributed by atoms with Gasteiger partial charge in [-0.3, -0.25) is 0 Å². The summed E-state index contributed by atoms with van der Waals surface area (Å²) in [6, 6.07) is 8.40. The molecule has 0 bridgehead atoms. The lowest BCUT2D eigenvalue weighted by atomic mass is 9.96. The quantitative estimate of drug-likeness (QED) is 0.688. The molecule has 0 saturated carbocycles. The number of halogens is 1. The van der Waals surface area contributed by atoms with Crippen molar-refractivity contribution >= 4 is 34.1 Å². The number of fused-ring (bicyclic) bond motifs is 2. The van der Waals surface area contributed by atoms with Crippen LogP contribution in [0.2, 0.25) is 5.02 Å². The molecule has 3 heterocycles. The van der Waals surface area contributed by atoms with Crippen LogP contribution < -0.4 is 9.80 Å². The molecule has 1 aliphatic carbocycles. The van der Waals surface area contributed by atoms with E-state index < -0.39 is 0 Å². The number of aryl methyl sites for hydroxylation is 2. The van der Waals surface area contributed by atoms with E-state index in [1.807, 2.05) is 12.1 Å². The number of piperazine rings is 1. The Bertz CT molecular complexity index is 1050. The van der Waals surface area contributed by atoms with E-state index in [0.29, 0.717) is 6.54 Å². The Labute approximate surface area is 182 Å². The number of rotatable bonds is 4. The van der Waals surface area contributed by atoms with Gasteiger partial charge in [-0.1, -0.05) is 17.7 Å². The molecule has 5 rings (SSSR count). The monoisotopic (exact) mass is 424 g/mol. The number of aromatic nitrogens is 3. The Balaban J connectivity index is 1.41. The van der Waals surface area contributed by atoms with Gasteiger partial charge in [-0.25, -0.2) is 9.97 Å². The van der Waals surface area contributed by atoms with Crippen molar-refractivity contribution in [2.45, 2.75) is 32.2 Å². The van der Waals surface area contributed by atoms with Gasteiger partial charge in [-0.15, -0.1) is 0 Å². The summed E-state index contributed by atoms with van der Waals surface area (Å²) >= 11 is 6.62. The molecule has 0 atom stereocenters. The zero-order valence-electron chi connectivity index (χ0n) is 17.8. The highest BCUT2D eigenvalue weighted by Gasteiger charge is 2.21. The van der Waals surface area contributed by atoms with E-state index >= 15 is 0 Å². The van der Waals surface area contributed by atoms with E-state index in [9.17, 15) is 0 Å². The molecule has 3 aromatic rings. The maximum atomic E-state index is 6.62. The maximum absolute atomic E-state index is 6.62. The topological polar surface area (TPSA) is 51.3 Å². The zero-order valence-corrected chi connectivity index (χ0v) is 18.5. The Morgan fingerprint density at radius 3 is 2.67 bits per heavy atom. The Kier molecular flexibility index (Phi) is 5.29. The second-order valence-electron chi connectivity index (χ2n) is 8.60. The number of nitrogens with zero attached hydrogens (tertiary/aromatic N) is 5. The molecule has 0 unspecified atom stereocenters. The van der Waals surface area contributed by atoms with Crippen LogP contribution in [0.5, 0.6) is 0 Å². The third kappa shape index (κ3) is 3.74. The van der Waals surface area contributed by atoms with Crippen molar-refractivity contribution in [3.63, 3.8) is 0 Å². The van der Waals surface area contributed by atoms with Crippen molar-refractivity contribution < 1.29 is 0 Å². The summed E-state index contributed by atoms with van der Waals surface area (Å²) in [6.45, 7) is 4.70. The number of pyridine rings is 1. The predicted molar refractivity (Wildman–Crippen MR) is 124 cm³/mol. The minimum Gasteiger partial charge on any atom is -0.366 e. The lowest BCUT2D eigenvalue weighted by Gasteiger charge is -2.34. The number of hydrogen-bond acceptors (Lipinski definition) is 5. The second kappa shape index (κ2) is 8.08. The summed E-state index contributed by atoms with van der Waals surface area (Å²) in [5, 5.41) is 0.773. The van der Waals surface area contributed by atoms with Crippen LogP contribution in [-0.2, 0) is 19.4 Å². The summed E-state index contributed by atoms with van der Waals surface area (Å²) in [5.74, 6) is 1.94. The number of likely N-dealkylation sites (N-methyl/N-ethyl adjacent to an activating group) is 1. The van der Waals surface area contributed by atoms with Crippen molar-refractivity contribution in [1.82, 2.24) is 19.9 Å². The molecule has 0 spiro atoms. The number of H-pyrrole nitrogens is 1. The van der Waals surface area contributed by atoms with Crippen molar-refractivity contribution in [1.29, 1.82) is 0 Å². The normalized spacial score (nSPS) is 17.4. The van der Waals surface area contributed by atoms with Gasteiger partial charge in [0, 0.05) is 38.9 Å². The van der Waals surface area contributed by atoms with Crippen LogP contribution in [0.4, 0.5) is 11.5 Å². The number of anilines is 2. The average molecular weight is 425 g/mol. The van der Waals surface area contributed by atoms with Crippen LogP contribution in [0, 0.1) is 0 Å². The number of aromatic amines is 1. The molecule has 158 valence electrons. The van der Waals surface area contributed by atoms with Gasteiger partial charge in [0.25, 0.3) is 0 Å². The Morgan fingerprint density at radius 2 is 1.83 bits per heavy atom. The molecule has 2 aliphatic rings. The fourth-order valence-electron chi connectivity index (χ4n) is 4.58. The minimum atomic E-state index is 0.681. The van der Waals surface area contributed by atoms with Crippen LogP contribution in [0.25, 0.3) is 11.0 Å². The average Bonchev–Trinajstić information content (AvgIpc) is 3.16. The fraction of sp³-hybridized carbons (Fsp3) is 0.478. The highest BCUT2D eigenvalue weighted by molar-refractivity contribution is 6.34. The van der Waals surface area contributed by atoms with Crippen molar-refractivity contribution in [3.05, 3.63) is 46.4 Å². The van der Waals surface area contributed by atoms with E-state index in [1.165, 1.54) is 24.1 Å². The summed E-state index contributed by atoms with van der Waals surface area (Å²) in [4.78, 5) is 20.3. The van der Waals surface area contributed by atoms with Gasteiger partial charge >= 0.3 is 0 Å². The molecule has 1 fully saturated rings. The fourth-order valence-corrected chi connectivity index (χ4v) is 4.85. The summed E-state index contributed by atoms with van der Waals surface area (Å²) in [6.07, 6.45) is 4.77. The molecular weight excluding hydrogens is 396 g/mol. The van der Waals surface area contributed by atoms with Crippen molar-refractivity contribution in [2.75, 3.05) is 50.1 Å². The molecule has 0 amide bonds. The lowest BCUT2D eigenvalue weighted by Crippen LogP contribution is -2.44.